The molecule has 1 fully saturated rings. The standard InChI is InChI=1S/C14H20N2O/c1-2-16(11-12-7-4-3-5-8-12)14(17)15-13-9-6-10-13/h3-5,7-8,13H,2,6,9-11H2,1H3,(H,15,17). The van der Waals surface area contributed by atoms with Crippen molar-refractivity contribution >= 4 is 6.03 Å². The summed E-state index contributed by atoms with van der Waals surface area (Å²) < 4.78 is 0. The Kier molecular flexibility index (Phi) is 4.02. The number of nitrogens with zero attached hydrogens (tertiary/aromatic N) is 1. The highest BCUT2D eigenvalue weighted by molar-refractivity contribution is 5.74. The maximum atomic E-state index is 12.0. The molecule has 1 saturated carbocycles. The molecule has 3 nitrogen and oxygen atoms in total. The van der Waals surface area contributed by atoms with Crippen molar-refractivity contribution in [1.29, 1.82) is 0 Å². The van der Waals surface area contributed by atoms with Crippen molar-refractivity contribution in [2.75, 3.05) is 6.54 Å². The van der Waals surface area contributed by atoms with Crippen LogP contribution in [0, 0.1) is 0 Å². The van der Waals surface area contributed by atoms with E-state index >= 15 is 0 Å². The molecule has 0 unspecified atom stereocenters. The summed E-state index contributed by atoms with van der Waals surface area (Å²) in [6.45, 7) is 3.45. The van der Waals surface area contributed by atoms with Crippen LogP contribution < -0.4 is 5.32 Å². The van der Waals surface area contributed by atoms with E-state index in [1.807, 2.05) is 30.0 Å². The van der Waals surface area contributed by atoms with Crippen LogP contribution in [-0.2, 0) is 6.54 Å². The second kappa shape index (κ2) is 5.71. The van der Waals surface area contributed by atoms with Crippen LogP contribution in [0.1, 0.15) is 31.7 Å². The molecule has 1 N–H and O–H groups in total. The van der Waals surface area contributed by atoms with E-state index in [0.717, 1.165) is 19.4 Å². The number of hydrogen-bond donors (Lipinski definition) is 1. The van der Waals surface area contributed by atoms with Crippen LogP contribution in [0.4, 0.5) is 4.79 Å². The second-order valence-corrected chi connectivity index (χ2v) is 4.58. The molecule has 1 aliphatic rings. The maximum absolute atomic E-state index is 12.0. The minimum absolute atomic E-state index is 0.0704. The molecule has 3 heteroatoms. The van der Waals surface area contributed by atoms with Gasteiger partial charge >= 0.3 is 6.03 Å². The zero-order valence-electron chi connectivity index (χ0n) is 10.4. The summed E-state index contributed by atoms with van der Waals surface area (Å²) in [4.78, 5) is 13.9. The Balaban J connectivity index is 1.89. The Morgan fingerprint density at radius 1 is 1.35 bits per heavy atom. The van der Waals surface area contributed by atoms with Crippen molar-refractivity contribution in [3.63, 3.8) is 0 Å². The van der Waals surface area contributed by atoms with Gasteiger partial charge in [0.2, 0.25) is 0 Å². The molecule has 0 spiro atoms. The summed E-state index contributed by atoms with van der Waals surface area (Å²) in [5.74, 6) is 0. The molecule has 1 aliphatic carbocycles. The number of rotatable bonds is 4. The fourth-order valence-electron chi connectivity index (χ4n) is 1.95. The average molecular weight is 232 g/mol. The lowest BCUT2D eigenvalue weighted by Gasteiger charge is -2.30. The summed E-state index contributed by atoms with van der Waals surface area (Å²) in [5.41, 5.74) is 1.18. The fourth-order valence-corrected chi connectivity index (χ4v) is 1.95. The SMILES string of the molecule is CCN(Cc1ccccc1)C(=O)NC1CCC1. The summed E-state index contributed by atoms with van der Waals surface area (Å²) in [7, 11) is 0. The molecule has 2 rings (SSSR count). The molecule has 0 aliphatic heterocycles. The van der Waals surface area contributed by atoms with Gasteiger partial charge in [-0.05, 0) is 31.7 Å². The lowest BCUT2D eigenvalue weighted by atomic mass is 9.93. The quantitative estimate of drug-likeness (QED) is 0.850. The zero-order chi connectivity index (χ0) is 12.1. The first-order chi connectivity index (χ1) is 8.29. The smallest absolute Gasteiger partial charge is 0.317 e. The number of nitrogens with one attached hydrogen (secondary N) is 1. The molecule has 0 heterocycles. The molecule has 17 heavy (non-hydrogen) atoms. The van der Waals surface area contributed by atoms with Gasteiger partial charge in [0.05, 0.1) is 0 Å². The number of hydrogen-bond acceptors (Lipinski definition) is 1. The first kappa shape index (κ1) is 12.0. The first-order valence-corrected chi connectivity index (χ1v) is 6.39. The molecule has 2 amide bonds. The molecule has 0 radical (unpaired) electrons. The molecular weight excluding hydrogens is 212 g/mol. The van der Waals surface area contributed by atoms with Crippen molar-refractivity contribution in [2.45, 2.75) is 38.8 Å². The predicted octanol–water partition coefficient (Wildman–Crippen LogP) is 2.77. The Morgan fingerprint density at radius 2 is 2.06 bits per heavy atom. The van der Waals surface area contributed by atoms with E-state index in [9.17, 15) is 4.79 Å². The summed E-state index contributed by atoms with van der Waals surface area (Å²) in [6.07, 6.45) is 3.51. The van der Waals surface area contributed by atoms with Gasteiger partial charge < -0.3 is 10.2 Å². The van der Waals surface area contributed by atoms with Gasteiger partial charge in [0.15, 0.2) is 0 Å². The Hall–Kier alpha value is -1.51. The first-order valence-electron chi connectivity index (χ1n) is 6.39. The van der Waals surface area contributed by atoms with E-state index in [0.29, 0.717) is 12.6 Å². The topological polar surface area (TPSA) is 32.3 Å². The van der Waals surface area contributed by atoms with Crippen LogP contribution >= 0.6 is 0 Å². The van der Waals surface area contributed by atoms with Crippen LogP contribution in [-0.4, -0.2) is 23.5 Å². The fraction of sp³-hybridized carbons (Fsp3) is 0.500. The summed E-state index contributed by atoms with van der Waals surface area (Å²) in [5, 5.41) is 3.07. The maximum Gasteiger partial charge on any atom is 0.317 e. The molecule has 0 atom stereocenters. The minimum Gasteiger partial charge on any atom is -0.335 e. The average Bonchev–Trinajstić information content (AvgIpc) is 2.32. The zero-order valence-corrected chi connectivity index (χ0v) is 10.4. The van der Waals surface area contributed by atoms with Crippen LogP contribution in [0.25, 0.3) is 0 Å². The molecule has 0 aromatic heterocycles. The van der Waals surface area contributed by atoms with Crippen molar-refractivity contribution in [2.24, 2.45) is 0 Å². The van der Waals surface area contributed by atoms with Crippen LogP contribution in [0.5, 0.6) is 0 Å². The third kappa shape index (κ3) is 3.22. The lowest BCUT2D eigenvalue weighted by Crippen LogP contribution is -2.46. The van der Waals surface area contributed by atoms with E-state index in [4.69, 9.17) is 0 Å². The van der Waals surface area contributed by atoms with Gasteiger partial charge in [-0.25, -0.2) is 4.79 Å². The van der Waals surface area contributed by atoms with Gasteiger partial charge in [-0.1, -0.05) is 30.3 Å². The highest BCUT2D eigenvalue weighted by Gasteiger charge is 2.21. The third-order valence-electron chi connectivity index (χ3n) is 3.32. The normalized spacial score (nSPS) is 15.1. The summed E-state index contributed by atoms with van der Waals surface area (Å²) in [6, 6.07) is 10.6. The van der Waals surface area contributed by atoms with Crippen molar-refractivity contribution in [3.05, 3.63) is 35.9 Å². The van der Waals surface area contributed by atoms with E-state index in [1.54, 1.807) is 0 Å². The Morgan fingerprint density at radius 3 is 2.59 bits per heavy atom. The number of carbonyl (C=O) groups is 1. The van der Waals surface area contributed by atoms with Crippen molar-refractivity contribution < 1.29 is 4.79 Å². The van der Waals surface area contributed by atoms with Gasteiger partial charge in [0.25, 0.3) is 0 Å². The number of urea groups is 1. The van der Waals surface area contributed by atoms with Crippen molar-refractivity contribution in [1.82, 2.24) is 10.2 Å². The van der Waals surface area contributed by atoms with E-state index < -0.39 is 0 Å². The Labute approximate surface area is 103 Å². The second-order valence-electron chi connectivity index (χ2n) is 4.58. The highest BCUT2D eigenvalue weighted by Crippen LogP contribution is 2.18. The molecular formula is C14H20N2O. The molecule has 1 aromatic rings. The molecule has 0 bridgehead atoms. The van der Waals surface area contributed by atoms with Crippen LogP contribution in [0.3, 0.4) is 0 Å². The minimum atomic E-state index is 0.0704. The largest absolute Gasteiger partial charge is 0.335 e. The highest BCUT2D eigenvalue weighted by atomic mass is 16.2. The van der Waals surface area contributed by atoms with Gasteiger partial charge in [-0.15, -0.1) is 0 Å². The van der Waals surface area contributed by atoms with E-state index in [-0.39, 0.29) is 6.03 Å². The number of carbonyl (C=O) groups excluding carboxylic acids is 1. The third-order valence-corrected chi connectivity index (χ3v) is 3.32. The van der Waals surface area contributed by atoms with E-state index in [2.05, 4.69) is 17.4 Å². The Bertz CT molecular complexity index is 360. The van der Waals surface area contributed by atoms with Gasteiger partial charge in [0, 0.05) is 19.1 Å². The molecule has 1 aromatic carbocycles. The number of benzene rings is 1. The van der Waals surface area contributed by atoms with Gasteiger partial charge in [-0.2, -0.15) is 0 Å². The van der Waals surface area contributed by atoms with Gasteiger partial charge in [-0.3, -0.25) is 0 Å². The van der Waals surface area contributed by atoms with Crippen LogP contribution in [0.15, 0.2) is 30.3 Å². The molecule has 0 saturated heterocycles. The monoisotopic (exact) mass is 232 g/mol. The van der Waals surface area contributed by atoms with Crippen molar-refractivity contribution in [3.8, 4) is 0 Å². The number of amides is 2. The van der Waals surface area contributed by atoms with E-state index in [1.165, 1.54) is 12.0 Å². The molecule has 92 valence electrons. The summed E-state index contributed by atoms with van der Waals surface area (Å²) >= 11 is 0. The van der Waals surface area contributed by atoms with Gasteiger partial charge in [0.1, 0.15) is 0 Å². The van der Waals surface area contributed by atoms with Crippen LogP contribution in [0.2, 0.25) is 0 Å². The lowest BCUT2D eigenvalue weighted by molar-refractivity contribution is 0.186. The predicted molar refractivity (Wildman–Crippen MR) is 68.7 cm³/mol.